The van der Waals surface area contributed by atoms with Crippen molar-refractivity contribution >= 4 is 5.84 Å². The molecule has 0 radical (unpaired) electrons. The Morgan fingerprint density at radius 1 is 1.12 bits per heavy atom. The van der Waals surface area contributed by atoms with E-state index in [0.29, 0.717) is 5.41 Å². The van der Waals surface area contributed by atoms with E-state index in [-0.39, 0.29) is 0 Å². The molecule has 1 fully saturated rings. The summed E-state index contributed by atoms with van der Waals surface area (Å²) in [6.07, 6.45) is 6.47. The van der Waals surface area contributed by atoms with Crippen molar-refractivity contribution in [1.29, 1.82) is 0 Å². The molecular weight excluding hydrogens is 208 g/mol. The number of hydrogen-bond acceptors (Lipinski definition) is 2. The number of aliphatic imine (C=N–C) groups is 1. The van der Waals surface area contributed by atoms with Gasteiger partial charge in [0.2, 0.25) is 0 Å². The fourth-order valence-electron chi connectivity index (χ4n) is 3.30. The maximum atomic E-state index is 4.58. The van der Waals surface area contributed by atoms with Crippen LogP contribution in [0.3, 0.4) is 0 Å². The van der Waals surface area contributed by atoms with E-state index >= 15 is 0 Å². The first-order valence-corrected chi connectivity index (χ1v) is 6.72. The summed E-state index contributed by atoms with van der Waals surface area (Å²) >= 11 is 0. The van der Waals surface area contributed by atoms with Gasteiger partial charge in [-0.3, -0.25) is 4.99 Å². The molecule has 1 saturated carbocycles. The number of benzene rings is 1. The highest BCUT2D eigenvalue weighted by molar-refractivity contribution is 5.85. The summed E-state index contributed by atoms with van der Waals surface area (Å²) in [6.45, 7) is 1.99. The van der Waals surface area contributed by atoms with Crippen LogP contribution in [0.2, 0.25) is 0 Å². The van der Waals surface area contributed by atoms with Crippen molar-refractivity contribution in [3.05, 3.63) is 35.9 Å². The molecule has 1 N–H and O–H groups in total. The highest BCUT2D eigenvalue weighted by atomic mass is 15.1. The third-order valence-electron chi connectivity index (χ3n) is 4.20. The molecule has 3 rings (SSSR count). The Labute approximate surface area is 103 Å². The minimum atomic E-state index is 0.359. The molecule has 2 nitrogen and oxygen atoms in total. The Morgan fingerprint density at radius 3 is 2.53 bits per heavy atom. The molecule has 0 bridgehead atoms. The lowest BCUT2D eigenvalue weighted by molar-refractivity contribution is 0.456. The fraction of sp³-hybridized carbons (Fsp3) is 0.533. The van der Waals surface area contributed by atoms with Crippen LogP contribution in [-0.2, 0) is 5.41 Å². The van der Waals surface area contributed by atoms with Crippen LogP contribution in [0.1, 0.15) is 37.7 Å². The van der Waals surface area contributed by atoms with Gasteiger partial charge < -0.3 is 5.32 Å². The van der Waals surface area contributed by atoms with Gasteiger partial charge in [0.15, 0.2) is 0 Å². The van der Waals surface area contributed by atoms with Gasteiger partial charge >= 0.3 is 0 Å². The average molecular weight is 228 g/mol. The third-order valence-corrected chi connectivity index (χ3v) is 4.20. The summed E-state index contributed by atoms with van der Waals surface area (Å²) in [7, 11) is 0. The first kappa shape index (κ1) is 10.8. The number of rotatable bonds is 3. The largest absolute Gasteiger partial charge is 0.372 e. The van der Waals surface area contributed by atoms with Crippen LogP contribution < -0.4 is 5.32 Å². The van der Waals surface area contributed by atoms with Crippen LogP contribution >= 0.6 is 0 Å². The van der Waals surface area contributed by atoms with Gasteiger partial charge in [0, 0.05) is 18.4 Å². The Hall–Kier alpha value is -1.31. The molecule has 2 heteroatoms. The maximum Gasteiger partial charge on any atom is 0.0973 e. The average Bonchev–Trinajstić information content (AvgIpc) is 3.03. The molecule has 0 unspecified atom stereocenters. The van der Waals surface area contributed by atoms with Crippen molar-refractivity contribution in [1.82, 2.24) is 5.32 Å². The molecule has 0 saturated heterocycles. The van der Waals surface area contributed by atoms with Gasteiger partial charge in [-0.15, -0.1) is 0 Å². The molecule has 0 aromatic heterocycles. The minimum absolute atomic E-state index is 0.359. The van der Waals surface area contributed by atoms with Crippen molar-refractivity contribution in [2.24, 2.45) is 4.99 Å². The lowest BCUT2D eigenvalue weighted by atomic mass is 9.76. The first-order valence-electron chi connectivity index (χ1n) is 6.72. The number of amidine groups is 1. The van der Waals surface area contributed by atoms with Gasteiger partial charge in [-0.05, 0) is 18.4 Å². The zero-order chi connectivity index (χ0) is 11.6. The minimum Gasteiger partial charge on any atom is -0.372 e. The Kier molecular flexibility index (Phi) is 2.87. The number of nitrogens with one attached hydrogen (secondary N) is 1. The smallest absolute Gasteiger partial charge is 0.0973 e. The number of nitrogens with zero attached hydrogens (tertiary/aromatic N) is 1. The van der Waals surface area contributed by atoms with E-state index in [9.17, 15) is 0 Å². The predicted octanol–water partition coefficient (Wildman–Crippen LogP) is 2.89. The summed E-state index contributed by atoms with van der Waals surface area (Å²) in [5, 5.41) is 3.43. The molecule has 0 spiro atoms. The summed E-state index contributed by atoms with van der Waals surface area (Å²) in [5.41, 5.74) is 1.87. The monoisotopic (exact) mass is 228 g/mol. The maximum absolute atomic E-state index is 4.58. The molecular formula is C15H20N2. The van der Waals surface area contributed by atoms with E-state index in [1.54, 1.807) is 0 Å². The van der Waals surface area contributed by atoms with Crippen LogP contribution in [-0.4, -0.2) is 18.9 Å². The summed E-state index contributed by atoms with van der Waals surface area (Å²) < 4.78 is 0. The molecule has 1 aromatic rings. The van der Waals surface area contributed by atoms with Gasteiger partial charge in [0.1, 0.15) is 0 Å². The van der Waals surface area contributed by atoms with Gasteiger partial charge in [0.05, 0.1) is 12.4 Å². The van der Waals surface area contributed by atoms with E-state index in [4.69, 9.17) is 0 Å². The normalized spacial score (nSPS) is 22.2. The summed E-state index contributed by atoms with van der Waals surface area (Å²) in [6, 6.07) is 11.0. The molecule has 0 atom stereocenters. The van der Waals surface area contributed by atoms with E-state index in [1.807, 2.05) is 0 Å². The Bertz CT molecular complexity index is 402. The van der Waals surface area contributed by atoms with E-state index in [1.165, 1.54) is 37.1 Å². The second-order valence-corrected chi connectivity index (χ2v) is 5.29. The highest BCUT2D eigenvalue weighted by Crippen LogP contribution is 2.43. The topological polar surface area (TPSA) is 24.4 Å². The van der Waals surface area contributed by atoms with Gasteiger partial charge in [-0.25, -0.2) is 0 Å². The predicted molar refractivity (Wildman–Crippen MR) is 71.5 cm³/mol. The first-order chi connectivity index (χ1) is 8.39. The zero-order valence-corrected chi connectivity index (χ0v) is 10.3. The molecule has 1 aliphatic carbocycles. The van der Waals surface area contributed by atoms with E-state index in [2.05, 4.69) is 40.6 Å². The van der Waals surface area contributed by atoms with Crippen LogP contribution in [0.25, 0.3) is 0 Å². The van der Waals surface area contributed by atoms with Gasteiger partial charge in [-0.2, -0.15) is 0 Å². The standard InChI is InChI=1S/C15H20N2/c1-2-6-13(7-3-1)15(8-4-5-9-15)12-14-16-10-11-17-14/h1-3,6-7H,4-5,8-12H2,(H,16,17). The summed E-state index contributed by atoms with van der Waals surface area (Å²) in [5.74, 6) is 1.23. The Balaban J connectivity index is 1.87. The lowest BCUT2D eigenvalue weighted by Gasteiger charge is -2.29. The van der Waals surface area contributed by atoms with Crippen molar-refractivity contribution in [2.45, 2.75) is 37.5 Å². The molecule has 17 heavy (non-hydrogen) atoms. The Morgan fingerprint density at radius 2 is 1.88 bits per heavy atom. The quantitative estimate of drug-likeness (QED) is 0.845. The number of hydrogen-bond donors (Lipinski definition) is 1. The van der Waals surface area contributed by atoms with Crippen LogP contribution in [0.15, 0.2) is 35.3 Å². The van der Waals surface area contributed by atoms with Crippen molar-refractivity contribution in [3.63, 3.8) is 0 Å². The molecule has 0 amide bonds. The van der Waals surface area contributed by atoms with Crippen molar-refractivity contribution in [3.8, 4) is 0 Å². The van der Waals surface area contributed by atoms with E-state index < -0.39 is 0 Å². The molecule has 1 heterocycles. The molecule has 1 aliphatic heterocycles. The highest BCUT2D eigenvalue weighted by Gasteiger charge is 2.36. The van der Waals surface area contributed by atoms with Crippen LogP contribution in [0.5, 0.6) is 0 Å². The summed E-state index contributed by atoms with van der Waals surface area (Å²) in [4.78, 5) is 4.58. The fourth-order valence-corrected chi connectivity index (χ4v) is 3.30. The second kappa shape index (κ2) is 4.52. The van der Waals surface area contributed by atoms with Crippen molar-refractivity contribution < 1.29 is 0 Å². The van der Waals surface area contributed by atoms with Crippen LogP contribution in [0, 0.1) is 0 Å². The molecule has 2 aliphatic rings. The zero-order valence-electron chi connectivity index (χ0n) is 10.3. The van der Waals surface area contributed by atoms with Crippen molar-refractivity contribution in [2.75, 3.05) is 13.1 Å². The molecule has 1 aromatic carbocycles. The van der Waals surface area contributed by atoms with Crippen LogP contribution in [0.4, 0.5) is 0 Å². The SMILES string of the molecule is c1ccc(C2(CC3=NCCN3)CCCC2)cc1. The van der Waals surface area contributed by atoms with Gasteiger partial charge in [0.25, 0.3) is 0 Å². The molecule has 90 valence electrons. The third kappa shape index (κ3) is 2.08. The van der Waals surface area contributed by atoms with Gasteiger partial charge in [-0.1, -0.05) is 43.2 Å². The van der Waals surface area contributed by atoms with E-state index in [0.717, 1.165) is 19.5 Å². The lowest BCUT2D eigenvalue weighted by Crippen LogP contribution is -2.31. The second-order valence-electron chi connectivity index (χ2n) is 5.29.